The standard InChI is InChI=1S/C11H12ClNOS/c12-7-3-4-8-15-11-13-9-5-1-2-6-10(9)14-11/h1-2,5-6H,3-4,7-8H2. The lowest BCUT2D eigenvalue weighted by Crippen LogP contribution is -1.81. The molecule has 0 unspecified atom stereocenters. The second-order valence-electron chi connectivity index (χ2n) is 3.19. The third-order valence-electron chi connectivity index (χ3n) is 2.03. The molecule has 0 atom stereocenters. The van der Waals surface area contributed by atoms with E-state index in [9.17, 15) is 0 Å². The van der Waals surface area contributed by atoms with E-state index in [2.05, 4.69) is 4.98 Å². The van der Waals surface area contributed by atoms with Crippen molar-refractivity contribution in [3.63, 3.8) is 0 Å². The lowest BCUT2D eigenvalue weighted by molar-refractivity contribution is 0.489. The first-order valence-corrected chi connectivity index (χ1v) is 6.46. The van der Waals surface area contributed by atoms with Crippen LogP contribution in [0.3, 0.4) is 0 Å². The number of nitrogens with zero attached hydrogens (tertiary/aromatic N) is 1. The van der Waals surface area contributed by atoms with E-state index in [1.54, 1.807) is 11.8 Å². The van der Waals surface area contributed by atoms with Crippen molar-refractivity contribution in [2.75, 3.05) is 11.6 Å². The number of fused-ring (bicyclic) bond motifs is 1. The maximum atomic E-state index is 5.60. The normalized spacial score (nSPS) is 11.0. The summed E-state index contributed by atoms with van der Waals surface area (Å²) in [6, 6.07) is 7.81. The van der Waals surface area contributed by atoms with Gasteiger partial charge in [-0.25, -0.2) is 4.98 Å². The Morgan fingerprint density at radius 3 is 2.93 bits per heavy atom. The molecule has 2 rings (SSSR count). The van der Waals surface area contributed by atoms with Crippen LogP contribution in [0.15, 0.2) is 33.9 Å². The third kappa shape index (κ3) is 2.89. The van der Waals surface area contributed by atoms with E-state index < -0.39 is 0 Å². The van der Waals surface area contributed by atoms with Gasteiger partial charge in [0, 0.05) is 11.6 Å². The molecule has 2 nitrogen and oxygen atoms in total. The number of hydrogen-bond donors (Lipinski definition) is 0. The molecule has 0 saturated carbocycles. The zero-order chi connectivity index (χ0) is 10.5. The van der Waals surface area contributed by atoms with Crippen molar-refractivity contribution in [2.24, 2.45) is 0 Å². The first-order valence-electron chi connectivity index (χ1n) is 4.94. The minimum atomic E-state index is 0.730. The summed E-state index contributed by atoms with van der Waals surface area (Å²) in [5.41, 5.74) is 1.79. The first kappa shape index (κ1) is 10.8. The molecule has 1 aromatic carbocycles. The SMILES string of the molecule is ClCCCCSc1nc2ccccc2o1. The lowest BCUT2D eigenvalue weighted by Gasteiger charge is -1.93. The van der Waals surface area contributed by atoms with E-state index in [4.69, 9.17) is 16.0 Å². The molecule has 0 N–H and O–H groups in total. The Bertz CT molecular complexity index is 396. The lowest BCUT2D eigenvalue weighted by atomic mass is 10.3. The smallest absolute Gasteiger partial charge is 0.256 e. The minimum Gasteiger partial charge on any atom is -0.431 e. The molecule has 0 fully saturated rings. The second-order valence-corrected chi connectivity index (χ2v) is 4.62. The first-order chi connectivity index (χ1) is 7.40. The van der Waals surface area contributed by atoms with E-state index in [1.165, 1.54) is 0 Å². The van der Waals surface area contributed by atoms with Crippen LogP contribution in [0.1, 0.15) is 12.8 Å². The van der Waals surface area contributed by atoms with Crippen molar-refractivity contribution >= 4 is 34.5 Å². The van der Waals surface area contributed by atoms with Gasteiger partial charge in [-0.1, -0.05) is 23.9 Å². The largest absolute Gasteiger partial charge is 0.431 e. The summed E-state index contributed by atoms with van der Waals surface area (Å²) in [6.45, 7) is 0. The maximum Gasteiger partial charge on any atom is 0.256 e. The number of aromatic nitrogens is 1. The number of oxazole rings is 1. The predicted octanol–water partition coefficient (Wildman–Crippen LogP) is 3.94. The van der Waals surface area contributed by atoms with E-state index in [0.717, 1.165) is 40.8 Å². The molecule has 80 valence electrons. The molecule has 1 heterocycles. The summed E-state index contributed by atoms with van der Waals surface area (Å²) in [5, 5.41) is 0.755. The summed E-state index contributed by atoms with van der Waals surface area (Å²) in [5.74, 6) is 1.74. The third-order valence-corrected chi connectivity index (χ3v) is 3.21. The fourth-order valence-electron chi connectivity index (χ4n) is 1.27. The average molecular weight is 242 g/mol. The Kier molecular flexibility index (Phi) is 3.92. The molecule has 0 aliphatic heterocycles. The van der Waals surface area contributed by atoms with Gasteiger partial charge in [0.2, 0.25) is 0 Å². The molecule has 0 aliphatic rings. The van der Waals surface area contributed by atoms with Crippen LogP contribution in [-0.4, -0.2) is 16.6 Å². The molecular formula is C11H12ClNOS. The summed E-state index contributed by atoms with van der Waals surface area (Å²) in [7, 11) is 0. The van der Waals surface area contributed by atoms with Gasteiger partial charge in [0.15, 0.2) is 5.58 Å². The highest BCUT2D eigenvalue weighted by Gasteiger charge is 2.04. The van der Waals surface area contributed by atoms with Crippen LogP contribution in [0.2, 0.25) is 0 Å². The van der Waals surface area contributed by atoms with Crippen LogP contribution >= 0.6 is 23.4 Å². The molecular weight excluding hydrogens is 230 g/mol. The summed E-state index contributed by atoms with van der Waals surface area (Å²) in [6.07, 6.45) is 2.15. The number of alkyl halides is 1. The van der Waals surface area contributed by atoms with Gasteiger partial charge >= 0.3 is 0 Å². The molecule has 1 aromatic heterocycles. The number of para-hydroxylation sites is 2. The van der Waals surface area contributed by atoms with Gasteiger partial charge in [-0.3, -0.25) is 0 Å². The van der Waals surface area contributed by atoms with Crippen molar-refractivity contribution in [3.8, 4) is 0 Å². The van der Waals surface area contributed by atoms with Crippen LogP contribution in [0, 0.1) is 0 Å². The number of rotatable bonds is 5. The molecule has 0 saturated heterocycles. The molecule has 2 aromatic rings. The summed E-state index contributed by atoms with van der Waals surface area (Å²) < 4.78 is 5.57. The van der Waals surface area contributed by atoms with Gasteiger partial charge < -0.3 is 4.42 Å². The van der Waals surface area contributed by atoms with E-state index in [-0.39, 0.29) is 0 Å². The Labute approximate surface area is 98.0 Å². The van der Waals surface area contributed by atoms with Crippen LogP contribution in [0.5, 0.6) is 0 Å². The maximum absolute atomic E-state index is 5.60. The van der Waals surface area contributed by atoms with Crippen molar-refractivity contribution in [3.05, 3.63) is 24.3 Å². The zero-order valence-corrected chi connectivity index (χ0v) is 9.85. The van der Waals surface area contributed by atoms with Crippen LogP contribution < -0.4 is 0 Å². The fourth-order valence-corrected chi connectivity index (χ4v) is 2.29. The molecule has 0 bridgehead atoms. The van der Waals surface area contributed by atoms with Gasteiger partial charge in [-0.15, -0.1) is 11.6 Å². The highest BCUT2D eigenvalue weighted by atomic mass is 35.5. The molecule has 15 heavy (non-hydrogen) atoms. The van der Waals surface area contributed by atoms with Crippen molar-refractivity contribution in [1.82, 2.24) is 4.98 Å². The topological polar surface area (TPSA) is 26.0 Å². The molecule has 0 spiro atoms. The monoisotopic (exact) mass is 241 g/mol. The predicted molar refractivity (Wildman–Crippen MR) is 64.7 cm³/mol. The van der Waals surface area contributed by atoms with Gasteiger partial charge in [-0.05, 0) is 25.0 Å². The molecule has 4 heteroatoms. The zero-order valence-electron chi connectivity index (χ0n) is 8.28. The second kappa shape index (κ2) is 5.42. The highest BCUT2D eigenvalue weighted by molar-refractivity contribution is 7.99. The van der Waals surface area contributed by atoms with Crippen molar-refractivity contribution in [2.45, 2.75) is 18.1 Å². The Balaban J connectivity index is 1.97. The fraction of sp³-hybridized carbons (Fsp3) is 0.364. The number of unbranched alkanes of at least 4 members (excludes halogenated alkanes) is 1. The van der Waals surface area contributed by atoms with Gasteiger partial charge in [0.05, 0.1) is 0 Å². The van der Waals surface area contributed by atoms with Gasteiger partial charge in [-0.2, -0.15) is 0 Å². The minimum absolute atomic E-state index is 0.730. The van der Waals surface area contributed by atoms with Crippen LogP contribution in [0.25, 0.3) is 11.1 Å². The summed E-state index contributed by atoms with van der Waals surface area (Å²) >= 11 is 7.25. The van der Waals surface area contributed by atoms with Crippen molar-refractivity contribution < 1.29 is 4.42 Å². The molecule has 0 amide bonds. The van der Waals surface area contributed by atoms with Gasteiger partial charge in [0.1, 0.15) is 5.52 Å². The summed E-state index contributed by atoms with van der Waals surface area (Å²) in [4.78, 5) is 4.37. The molecule has 0 aliphatic carbocycles. The quantitative estimate of drug-likeness (QED) is 0.451. The van der Waals surface area contributed by atoms with E-state index in [0.29, 0.717) is 0 Å². The van der Waals surface area contributed by atoms with Crippen molar-refractivity contribution in [1.29, 1.82) is 0 Å². The Hall–Kier alpha value is -0.670. The number of halogens is 1. The van der Waals surface area contributed by atoms with E-state index >= 15 is 0 Å². The van der Waals surface area contributed by atoms with Crippen LogP contribution in [0.4, 0.5) is 0 Å². The van der Waals surface area contributed by atoms with E-state index in [1.807, 2.05) is 24.3 Å². The molecule has 0 radical (unpaired) electrons. The number of thioether (sulfide) groups is 1. The average Bonchev–Trinajstić information content (AvgIpc) is 2.67. The Morgan fingerprint density at radius 1 is 1.27 bits per heavy atom. The Morgan fingerprint density at radius 2 is 2.13 bits per heavy atom. The highest BCUT2D eigenvalue weighted by Crippen LogP contribution is 2.23. The number of benzene rings is 1. The number of hydrogen-bond acceptors (Lipinski definition) is 3. The van der Waals surface area contributed by atoms with Gasteiger partial charge in [0.25, 0.3) is 5.22 Å². The van der Waals surface area contributed by atoms with Crippen LogP contribution in [-0.2, 0) is 0 Å².